The first-order chi connectivity index (χ1) is 57.2. The summed E-state index contributed by atoms with van der Waals surface area (Å²) < 4.78 is 109. The second-order valence-electron chi connectivity index (χ2n) is 38.1. The van der Waals surface area contributed by atoms with Crippen LogP contribution in [0.4, 0.5) is 0 Å². The van der Waals surface area contributed by atoms with Gasteiger partial charge in [0.1, 0.15) is 55.1 Å². The summed E-state index contributed by atoms with van der Waals surface area (Å²) in [7, 11) is -4.68. The number of benzene rings is 5. The largest absolute Gasteiger partial charge is 0.432 e. The summed E-state index contributed by atoms with van der Waals surface area (Å²) in [5.41, 5.74) is 14.0. The molecule has 4 aliphatic heterocycles. The molecule has 5 aromatic carbocycles. The normalized spacial score (nSPS) is 36.6. The summed E-state index contributed by atoms with van der Waals surface area (Å²) in [6.07, 6.45) is -2.99. The third kappa shape index (κ3) is 18.1. The van der Waals surface area contributed by atoms with E-state index in [9.17, 15) is 10.3 Å². The van der Waals surface area contributed by atoms with E-state index in [1.54, 1.807) is 0 Å². The number of hydrogen-bond donors (Lipinski definition) is 0. The van der Waals surface area contributed by atoms with Crippen LogP contribution in [0.2, 0.25) is 36.3 Å². The van der Waals surface area contributed by atoms with Crippen LogP contribution in [0.25, 0.3) is 10.4 Å². The molecule has 14 rings (SSSR count). The van der Waals surface area contributed by atoms with E-state index in [0.29, 0.717) is 19.4 Å². The quantitative estimate of drug-likeness (QED) is 0.00710. The molecule has 648 valence electrons. The van der Waals surface area contributed by atoms with Gasteiger partial charge in [-0.15, -0.1) is 0 Å². The van der Waals surface area contributed by atoms with Gasteiger partial charge in [-0.3, -0.25) is 4.79 Å². The Bertz CT molecular complexity index is 4200. The van der Waals surface area contributed by atoms with E-state index in [2.05, 4.69) is 99.2 Å². The maximum Gasteiger partial charge on any atom is 0.317 e. The Labute approximate surface area is 710 Å². The van der Waals surface area contributed by atoms with Gasteiger partial charge in [0.25, 0.3) is 0 Å². The molecule has 0 bridgehead atoms. The molecule has 22 heteroatoms. The fourth-order valence-corrected chi connectivity index (χ4v) is 29.1. The van der Waals surface area contributed by atoms with Gasteiger partial charge in [-0.05, 0) is 188 Å². The highest BCUT2D eigenvalue weighted by Gasteiger charge is 2.74. The summed E-state index contributed by atoms with van der Waals surface area (Å²) in [4.78, 5) is 35.4. The Hall–Kier alpha value is -5.84. The molecule has 5 aliphatic carbocycles. The molecule has 8 fully saturated rings. The number of carbonyl (C=O) groups is 2. The lowest BCUT2D eigenvalue weighted by molar-refractivity contribution is -0.365. The van der Waals surface area contributed by atoms with E-state index < -0.39 is 137 Å². The fraction of sp³-hybridized carbons (Fsp3) is 0.649. The van der Waals surface area contributed by atoms with E-state index in [4.69, 9.17) is 70.4 Å². The number of nitrogens with zero attached hydrogens (tertiary/aromatic N) is 3. The van der Waals surface area contributed by atoms with Crippen molar-refractivity contribution in [1.82, 2.24) is 0 Å². The lowest BCUT2D eigenvalue weighted by Crippen LogP contribution is -2.70. The number of esters is 1. The monoisotopic (exact) mass is 1670 g/mol. The van der Waals surface area contributed by atoms with E-state index in [1.165, 1.54) is 11.9 Å². The molecule has 4 saturated heterocycles. The zero-order valence-electron chi connectivity index (χ0n) is 73.4. The van der Waals surface area contributed by atoms with Gasteiger partial charge in [0.15, 0.2) is 35.0 Å². The fourth-order valence-electron chi connectivity index (χ4n) is 23.2. The van der Waals surface area contributed by atoms with E-state index in [1.807, 2.05) is 172 Å². The summed E-state index contributed by atoms with van der Waals surface area (Å²) in [5.74, 6) is -1.60. The topological polar surface area (TPSA) is 221 Å². The number of ether oxygens (including phenoxy) is 13. The molecule has 24 atom stereocenters. The smallest absolute Gasteiger partial charge is 0.317 e. The standard InChI is InChI=1S/C97H135N3O17Si2/c1-16-118(17-2,18-3)116-77-50-51-93(12)75(94(77,13)64-101)49-52-95(14)76(93)48-47-71-72-55-91(8,9)53-54-97(72,78(56-96(71,95)15)117-119(19-4,20-5)21-6)90(102)113-88-85(82(106-60-69-43-33-25-34-44-69)79(99-100-98)73(110-88)62-103-57-66-37-27-22-28-38-66)112-89-86-83(114-92(10,11)115-86)80(65(7)109-89)111-87-84(107-61-70-45-35-26-36-46-70)81(105-59-68-41-31-24-32-42-68)74(63-108-87)104-58-67-39-29-23-30-40-67/h22-47,64-65,72-89H,16-21,48-63H2,1-15H3/t65-,72?,73-,74-,75-,76?,77+,78+,79+,80+,81?,82?,83?,84?,85?,86?,87+,88+,89+,93?,94-,95?,96-,97-/m1/s1. The van der Waals surface area contributed by atoms with Gasteiger partial charge in [-0.1, -0.05) is 252 Å². The molecule has 0 aromatic heterocycles. The lowest BCUT2D eigenvalue weighted by Gasteiger charge is -2.72. The van der Waals surface area contributed by atoms with Gasteiger partial charge >= 0.3 is 5.97 Å². The van der Waals surface area contributed by atoms with Crippen LogP contribution in [0.1, 0.15) is 189 Å². The van der Waals surface area contributed by atoms with Crippen molar-refractivity contribution in [1.29, 1.82) is 0 Å². The van der Waals surface area contributed by atoms with Crippen LogP contribution in [0.15, 0.2) is 168 Å². The summed E-state index contributed by atoms with van der Waals surface area (Å²) in [5, 5.41) is 4.57. The lowest BCUT2D eigenvalue weighted by atomic mass is 9.33. The molecular formula is C97H135N3O17Si2. The van der Waals surface area contributed by atoms with Crippen LogP contribution in [-0.2, 0) is 113 Å². The van der Waals surface area contributed by atoms with Crippen molar-refractivity contribution in [2.75, 3.05) is 13.2 Å². The SMILES string of the molecule is CC[Si](CC)(CC)O[C@H]1CCC2(C)C3CC=C4C5CC(C)(C)CC[C@]5(C(=O)O[C@@H]5O[C@H](COCc6ccccc6)[C@H](N=[N+]=[N-])C(OCc6ccccc6)C5O[C@@H]5O[C@H](C)[C@H](O[C@@H]6OC[C@@H](OCc7ccccc7)C(OCc7ccccc7)C6OCc6ccccc6)C6OC(C)(C)OC65)[C@@H](O[Si](CC)(CC)CC)C[C@@]4(C)C3(C)CC[C@H]2[C@@]1(C)C=O. The number of hydrogen-bond acceptors (Lipinski definition) is 18. The van der Waals surface area contributed by atoms with E-state index in [-0.39, 0.29) is 79.7 Å². The van der Waals surface area contributed by atoms with Gasteiger partial charge in [-0.2, -0.15) is 0 Å². The first kappa shape index (κ1) is 89.4. The molecule has 0 spiro atoms. The number of fused-ring (bicyclic) bond motifs is 8. The second kappa shape index (κ2) is 37.5. The summed E-state index contributed by atoms with van der Waals surface area (Å²) in [6, 6.07) is 54.3. The zero-order valence-corrected chi connectivity index (χ0v) is 75.4. The minimum absolute atomic E-state index is 0.0450. The third-order valence-electron chi connectivity index (χ3n) is 30.7. The molecule has 9 aliphatic rings. The van der Waals surface area contributed by atoms with Crippen molar-refractivity contribution >= 4 is 28.9 Å². The number of rotatable bonds is 34. The molecule has 0 radical (unpaired) electrons. The Morgan fingerprint density at radius 1 is 0.546 bits per heavy atom. The van der Waals surface area contributed by atoms with Crippen LogP contribution >= 0.6 is 0 Å². The zero-order chi connectivity index (χ0) is 84.2. The Morgan fingerprint density at radius 2 is 1.06 bits per heavy atom. The molecule has 5 aromatic rings. The predicted octanol–water partition coefficient (Wildman–Crippen LogP) is 20.3. The van der Waals surface area contributed by atoms with Crippen molar-refractivity contribution < 1.29 is 80.0 Å². The Morgan fingerprint density at radius 3 is 1.61 bits per heavy atom. The third-order valence-corrected chi connectivity index (χ3v) is 40.0. The minimum Gasteiger partial charge on any atom is -0.432 e. The molecule has 20 nitrogen and oxygen atoms in total. The highest BCUT2D eigenvalue weighted by molar-refractivity contribution is 6.74. The molecule has 10 unspecified atom stereocenters. The van der Waals surface area contributed by atoms with Crippen molar-refractivity contribution in [2.45, 2.75) is 335 Å². The number of carbonyl (C=O) groups excluding carboxylic acids is 2. The first-order valence-corrected chi connectivity index (χ1v) is 49.9. The number of allylic oxidation sites excluding steroid dienone is 2. The van der Waals surface area contributed by atoms with Crippen LogP contribution in [0.5, 0.6) is 0 Å². The second-order valence-corrected chi connectivity index (χ2v) is 47.6. The van der Waals surface area contributed by atoms with Crippen molar-refractivity contribution in [3.05, 3.63) is 202 Å². The van der Waals surface area contributed by atoms with Crippen LogP contribution in [0, 0.1) is 50.2 Å². The van der Waals surface area contributed by atoms with Crippen molar-refractivity contribution in [3.63, 3.8) is 0 Å². The van der Waals surface area contributed by atoms with Gasteiger partial charge < -0.3 is 75.2 Å². The van der Waals surface area contributed by atoms with Crippen molar-refractivity contribution in [2.24, 2.45) is 55.4 Å². The molecule has 4 saturated carbocycles. The van der Waals surface area contributed by atoms with Gasteiger partial charge in [0.2, 0.25) is 6.29 Å². The minimum atomic E-state index is -2.60. The van der Waals surface area contributed by atoms with Crippen LogP contribution in [-0.4, -0.2) is 146 Å². The molecular weight excluding hydrogens is 1540 g/mol. The Balaban J connectivity index is 0.839. The summed E-state index contributed by atoms with van der Waals surface area (Å²) >= 11 is 0. The van der Waals surface area contributed by atoms with Crippen molar-refractivity contribution in [3.8, 4) is 0 Å². The highest BCUT2D eigenvalue weighted by atomic mass is 28.4. The Kier molecular flexibility index (Phi) is 28.2. The average molecular weight is 1670 g/mol. The molecule has 0 amide bonds. The maximum atomic E-state index is 17.7. The number of aldehydes is 1. The van der Waals surface area contributed by atoms with Crippen LogP contribution in [0.3, 0.4) is 0 Å². The van der Waals surface area contributed by atoms with E-state index >= 15 is 4.79 Å². The van der Waals surface area contributed by atoms with Gasteiger partial charge in [0.05, 0.1) is 87.5 Å². The molecule has 4 heterocycles. The van der Waals surface area contributed by atoms with Crippen LogP contribution < -0.4 is 0 Å². The average Bonchev–Trinajstić information content (AvgIpc) is 0.702. The number of azide groups is 1. The van der Waals surface area contributed by atoms with Gasteiger partial charge in [0, 0.05) is 4.91 Å². The summed E-state index contributed by atoms with van der Waals surface area (Å²) in [6.45, 7) is 35.0. The van der Waals surface area contributed by atoms with Gasteiger partial charge in [-0.25, -0.2) is 0 Å². The molecule has 0 N–H and O–H groups in total. The first-order valence-electron chi connectivity index (χ1n) is 44.8. The predicted molar refractivity (Wildman–Crippen MR) is 460 cm³/mol. The van der Waals surface area contributed by atoms with E-state index in [0.717, 1.165) is 109 Å². The maximum absolute atomic E-state index is 17.7. The molecule has 119 heavy (non-hydrogen) atoms. The highest BCUT2D eigenvalue weighted by Crippen LogP contribution is 2.77.